The van der Waals surface area contributed by atoms with Gasteiger partial charge in [0, 0.05) is 5.39 Å². The molecule has 0 saturated heterocycles. The SMILES string of the molecule is COC(=O)c1ccc2cccc(OC(=O)C(F)(F)F)c2n1. The third-order valence-electron chi connectivity index (χ3n) is 2.51. The summed E-state index contributed by atoms with van der Waals surface area (Å²) in [5.74, 6) is -3.50. The van der Waals surface area contributed by atoms with Crippen molar-refractivity contribution in [2.24, 2.45) is 0 Å². The van der Waals surface area contributed by atoms with Gasteiger partial charge < -0.3 is 9.47 Å². The number of carbonyl (C=O) groups is 2. The number of hydrogen-bond donors (Lipinski definition) is 0. The number of pyridine rings is 1. The highest BCUT2D eigenvalue weighted by atomic mass is 19.4. The van der Waals surface area contributed by atoms with Crippen molar-refractivity contribution >= 4 is 22.8 Å². The quantitative estimate of drug-likeness (QED) is 0.629. The van der Waals surface area contributed by atoms with Crippen LogP contribution in [-0.2, 0) is 9.53 Å². The summed E-state index contributed by atoms with van der Waals surface area (Å²) < 4.78 is 45.4. The van der Waals surface area contributed by atoms with E-state index in [1.54, 1.807) is 6.07 Å². The van der Waals surface area contributed by atoms with Gasteiger partial charge in [-0.1, -0.05) is 18.2 Å². The number of alkyl halides is 3. The van der Waals surface area contributed by atoms with Gasteiger partial charge in [0.05, 0.1) is 7.11 Å². The van der Waals surface area contributed by atoms with Gasteiger partial charge in [-0.25, -0.2) is 14.6 Å². The summed E-state index contributed by atoms with van der Waals surface area (Å²) in [4.78, 5) is 26.1. The molecular weight excluding hydrogens is 291 g/mol. The first kappa shape index (κ1) is 14.8. The fourth-order valence-electron chi connectivity index (χ4n) is 1.58. The number of fused-ring (bicyclic) bond motifs is 1. The van der Waals surface area contributed by atoms with Crippen molar-refractivity contribution in [1.82, 2.24) is 4.98 Å². The molecule has 0 aliphatic heterocycles. The molecule has 2 aromatic rings. The molecule has 0 amide bonds. The maximum absolute atomic E-state index is 12.2. The molecule has 0 saturated carbocycles. The predicted molar refractivity (Wildman–Crippen MR) is 64.8 cm³/mol. The Hall–Kier alpha value is -2.64. The molecule has 0 aliphatic rings. The van der Waals surface area contributed by atoms with Crippen LogP contribution in [0.3, 0.4) is 0 Å². The molecule has 0 aliphatic carbocycles. The van der Waals surface area contributed by atoms with Gasteiger partial charge in [-0.15, -0.1) is 0 Å². The molecule has 110 valence electrons. The van der Waals surface area contributed by atoms with Crippen LogP contribution in [0.5, 0.6) is 5.75 Å². The van der Waals surface area contributed by atoms with Crippen LogP contribution in [0.25, 0.3) is 10.9 Å². The smallest absolute Gasteiger partial charge is 0.464 e. The van der Waals surface area contributed by atoms with Gasteiger partial charge in [-0.2, -0.15) is 13.2 Å². The molecule has 0 fully saturated rings. The van der Waals surface area contributed by atoms with Crippen LogP contribution in [0.4, 0.5) is 13.2 Å². The average molecular weight is 299 g/mol. The number of esters is 2. The zero-order valence-corrected chi connectivity index (χ0v) is 10.6. The Bertz CT molecular complexity index is 712. The maximum Gasteiger partial charge on any atom is 0.491 e. The van der Waals surface area contributed by atoms with Gasteiger partial charge in [0.2, 0.25) is 0 Å². The van der Waals surface area contributed by atoms with Gasteiger partial charge in [-0.3, -0.25) is 0 Å². The number of aromatic nitrogens is 1. The summed E-state index contributed by atoms with van der Waals surface area (Å²) in [6.07, 6.45) is -5.12. The predicted octanol–water partition coefficient (Wildman–Crippen LogP) is 2.49. The van der Waals surface area contributed by atoms with E-state index in [1.165, 1.54) is 18.2 Å². The largest absolute Gasteiger partial charge is 0.491 e. The molecule has 1 aromatic carbocycles. The molecule has 0 bridgehead atoms. The van der Waals surface area contributed by atoms with Gasteiger partial charge in [0.1, 0.15) is 11.2 Å². The lowest BCUT2D eigenvalue weighted by Crippen LogP contribution is -2.28. The zero-order valence-electron chi connectivity index (χ0n) is 10.6. The van der Waals surface area contributed by atoms with Crippen LogP contribution in [0, 0.1) is 0 Å². The normalized spacial score (nSPS) is 11.2. The second kappa shape index (κ2) is 5.39. The van der Waals surface area contributed by atoms with E-state index in [4.69, 9.17) is 0 Å². The van der Waals surface area contributed by atoms with Gasteiger partial charge >= 0.3 is 18.1 Å². The van der Waals surface area contributed by atoms with E-state index in [9.17, 15) is 22.8 Å². The molecule has 0 atom stereocenters. The number of nitrogens with zero attached hydrogens (tertiary/aromatic N) is 1. The molecule has 8 heteroatoms. The van der Waals surface area contributed by atoms with Gasteiger partial charge in [0.25, 0.3) is 0 Å². The third-order valence-corrected chi connectivity index (χ3v) is 2.51. The standard InChI is InChI=1S/C13H8F3NO4/c1-20-11(18)8-6-5-7-3-2-4-9(10(7)17-8)21-12(19)13(14,15)16/h2-6H,1H3. The average Bonchev–Trinajstić information content (AvgIpc) is 2.45. The summed E-state index contributed by atoms with van der Waals surface area (Å²) >= 11 is 0. The van der Waals surface area contributed by atoms with Crippen molar-refractivity contribution in [3.05, 3.63) is 36.0 Å². The minimum atomic E-state index is -5.12. The second-order valence-corrected chi connectivity index (χ2v) is 3.90. The Morgan fingerprint density at radius 2 is 1.86 bits per heavy atom. The second-order valence-electron chi connectivity index (χ2n) is 3.90. The highest BCUT2D eigenvalue weighted by Gasteiger charge is 2.41. The molecule has 0 unspecified atom stereocenters. The van der Waals surface area contributed by atoms with Gasteiger partial charge in [0.15, 0.2) is 5.75 Å². The Labute approximate surface area is 116 Å². The number of hydrogen-bond acceptors (Lipinski definition) is 5. The molecule has 1 aromatic heterocycles. The number of carbonyl (C=O) groups excluding carboxylic acids is 2. The van der Waals surface area contributed by atoms with Crippen LogP contribution in [0.2, 0.25) is 0 Å². The Kier molecular flexibility index (Phi) is 3.79. The number of halogens is 3. The van der Waals surface area contributed by atoms with E-state index >= 15 is 0 Å². The lowest BCUT2D eigenvalue weighted by atomic mass is 10.2. The molecule has 21 heavy (non-hydrogen) atoms. The minimum absolute atomic E-state index is 0.0435. The number of benzene rings is 1. The Morgan fingerprint density at radius 3 is 2.48 bits per heavy atom. The number of rotatable bonds is 2. The molecule has 5 nitrogen and oxygen atoms in total. The Morgan fingerprint density at radius 1 is 1.14 bits per heavy atom. The maximum atomic E-state index is 12.2. The Balaban J connectivity index is 2.48. The van der Waals surface area contributed by atoms with E-state index < -0.39 is 18.1 Å². The monoisotopic (exact) mass is 299 g/mol. The minimum Gasteiger partial charge on any atom is -0.464 e. The van der Waals surface area contributed by atoms with E-state index in [0.717, 1.165) is 13.2 Å². The summed E-state index contributed by atoms with van der Waals surface area (Å²) in [5.41, 5.74) is -0.154. The molecule has 1 heterocycles. The lowest BCUT2D eigenvalue weighted by molar-refractivity contribution is -0.189. The van der Waals surface area contributed by atoms with Crippen molar-refractivity contribution in [1.29, 1.82) is 0 Å². The highest BCUT2D eigenvalue weighted by Crippen LogP contribution is 2.27. The number of ether oxygens (including phenoxy) is 2. The van der Waals surface area contributed by atoms with E-state index in [0.29, 0.717) is 5.39 Å². The highest BCUT2D eigenvalue weighted by molar-refractivity contribution is 5.93. The van der Waals surface area contributed by atoms with E-state index in [-0.39, 0.29) is 17.0 Å². The first-order valence-electron chi connectivity index (χ1n) is 5.60. The van der Waals surface area contributed by atoms with E-state index in [1.807, 2.05) is 0 Å². The molecule has 0 N–H and O–H groups in total. The molecule has 0 spiro atoms. The fourth-order valence-corrected chi connectivity index (χ4v) is 1.58. The summed E-state index contributed by atoms with van der Waals surface area (Å²) in [6, 6.07) is 6.91. The van der Waals surface area contributed by atoms with Crippen LogP contribution in [-0.4, -0.2) is 30.2 Å². The third kappa shape index (κ3) is 3.10. The van der Waals surface area contributed by atoms with Gasteiger partial charge in [-0.05, 0) is 12.1 Å². The van der Waals surface area contributed by atoms with Crippen molar-refractivity contribution in [2.45, 2.75) is 6.18 Å². The van der Waals surface area contributed by atoms with Crippen LogP contribution in [0.15, 0.2) is 30.3 Å². The van der Waals surface area contributed by atoms with Crippen molar-refractivity contribution in [2.75, 3.05) is 7.11 Å². The lowest BCUT2D eigenvalue weighted by Gasteiger charge is -2.09. The van der Waals surface area contributed by atoms with Crippen molar-refractivity contribution < 1.29 is 32.2 Å². The summed E-state index contributed by atoms with van der Waals surface area (Å²) in [6.45, 7) is 0. The first-order chi connectivity index (χ1) is 9.82. The fraction of sp³-hybridized carbons (Fsp3) is 0.154. The topological polar surface area (TPSA) is 65.5 Å². The summed E-state index contributed by atoms with van der Waals surface area (Å²) in [7, 11) is 1.14. The van der Waals surface area contributed by atoms with Crippen LogP contribution in [0.1, 0.15) is 10.5 Å². The van der Waals surface area contributed by atoms with E-state index in [2.05, 4.69) is 14.5 Å². The molecule has 2 rings (SSSR count). The number of para-hydroxylation sites is 1. The number of methoxy groups -OCH3 is 1. The zero-order chi connectivity index (χ0) is 15.6. The summed E-state index contributed by atoms with van der Waals surface area (Å²) in [5, 5.41) is 0.412. The van der Waals surface area contributed by atoms with Crippen LogP contribution < -0.4 is 4.74 Å². The van der Waals surface area contributed by atoms with Crippen LogP contribution >= 0.6 is 0 Å². The molecular formula is C13H8F3NO4. The first-order valence-corrected chi connectivity index (χ1v) is 5.60. The van der Waals surface area contributed by atoms with Crippen molar-refractivity contribution in [3.63, 3.8) is 0 Å². The molecule has 0 radical (unpaired) electrons. The van der Waals surface area contributed by atoms with Crippen molar-refractivity contribution in [3.8, 4) is 5.75 Å².